The maximum Gasteiger partial charge on any atom is 0.135 e. The van der Waals surface area contributed by atoms with Crippen LogP contribution in [0.5, 0.6) is 0 Å². The van der Waals surface area contributed by atoms with E-state index in [2.05, 4.69) is 13.8 Å². The minimum absolute atomic E-state index is 0. The van der Waals surface area contributed by atoms with Gasteiger partial charge in [-0.25, -0.2) is 0 Å². The first kappa shape index (κ1) is 52.8. The molecule has 0 saturated carbocycles. The van der Waals surface area contributed by atoms with Crippen molar-refractivity contribution in [2.75, 3.05) is 27.3 Å². The zero-order valence-electron chi connectivity index (χ0n) is 33.4. The molecule has 0 aliphatic rings. The molecule has 0 unspecified atom stereocenters. The molecular weight excluding hydrogens is 634 g/mol. The lowest BCUT2D eigenvalue weighted by Crippen LogP contribution is -3.00. The highest BCUT2D eigenvalue weighted by Gasteiger charge is 2.20. The van der Waals surface area contributed by atoms with E-state index in [0.717, 1.165) is 25.7 Å². The summed E-state index contributed by atoms with van der Waals surface area (Å²) >= 11 is 0. The lowest BCUT2D eigenvalue weighted by atomic mass is 10.0. The molecule has 0 aliphatic heterocycles. The van der Waals surface area contributed by atoms with Crippen LogP contribution in [0.1, 0.15) is 232 Å². The molecule has 296 valence electrons. The van der Waals surface area contributed by atoms with Gasteiger partial charge in [-0.05, 0) is 17.7 Å². The normalized spacial score (nSPS) is 11.3. The standard InChI is InChI=1S/C42H84NO4.ClH.H2O/c1-5-7-9-11-13-15-17-19-21-23-25-27-29-31-33-35-41(44)37-39-46-43(3,4)47-40-38-42(45)36-34-32-30-28-26-24-22-20-18-16-14-12-10-8-6-2;;/h5-40H2,1-4H3;1H;1H2/q+1;;/p-1. The van der Waals surface area contributed by atoms with Crippen molar-refractivity contribution < 1.29 is 42.0 Å². The van der Waals surface area contributed by atoms with Crippen LogP contribution in [-0.4, -0.2) is 49.2 Å². The molecule has 49 heavy (non-hydrogen) atoms. The molecule has 6 nitrogen and oxygen atoms in total. The van der Waals surface area contributed by atoms with Gasteiger partial charge in [-0.3, -0.25) is 9.59 Å². The van der Waals surface area contributed by atoms with Gasteiger partial charge in [-0.15, -0.1) is 0 Å². The van der Waals surface area contributed by atoms with Crippen LogP contribution in [0.2, 0.25) is 0 Å². The fourth-order valence-corrected chi connectivity index (χ4v) is 6.43. The number of Topliss-reactive ketones (excluding diaryl/α,β-unsaturated/α-hetero) is 2. The van der Waals surface area contributed by atoms with Crippen LogP contribution in [0.3, 0.4) is 0 Å². The Labute approximate surface area is 312 Å². The Morgan fingerprint density at radius 3 is 0.796 bits per heavy atom. The van der Waals surface area contributed by atoms with E-state index >= 15 is 0 Å². The number of ketones is 2. The first-order chi connectivity index (χ1) is 22.9. The minimum Gasteiger partial charge on any atom is -1.00 e. The minimum atomic E-state index is -0.0710. The number of halogens is 1. The van der Waals surface area contributed by atoms with Crippen LogP contribution >= 0.6 is 0 Å². The van der Waals surface area contributed by atoms with Gasteiger partial charge in [-0.2, -0.15) is 9.68 Å². The van der Waals surface area contributed by atoms with Crippen LogP contribution in [0.25, 0.3) is 0 Å². The molecule has 0 radical (unpaired) electrons. The van der Waals surface area contributed by atoms with Gasteiger partial charge in [0.1, 0.15) is 38.9 Å². The lowest BCUT2D eigenvalue weighted by molar-refractivity contribution is -1.22. The van der Waals surface area contributed by atoms with E-state index in [0.29, 0.717) is 38.9 Å². The van der Waals surface area contributed by atoms with E-state index < -0.39 is 0 Å². The van der Waals surface area contributed by atoms with Gasteiger partial charge in [0, 0.05) is 25.7 Å². The fourth-order valence-electron chi connectivity index (χ4n) is 6.43. The topological polar surface area (TPSA) is 84.1 Å². The second kappa shape index (κ2) is 41.9. The van der Waals surface area contributed by atoms with E-state index in [9.17, 15) is 9.59 Å². The zero-order valence-corrected chi connectivity index (χ0v) is 34.2. The first-order valence-corrected chi connectivity index (χ1v) is 21.1. The Bertz CT molecular complexity index is 621. The van der Waals surface area contributed by atoms with E-state index in [-0.39, 0.29) is 34.3 Å². The van der Waals surface area contributed by atoms with Gasteiger partial charge >= 0.3 is 0 Å². The van der Waals surface area contributed by atoms with Gasteiger partial charge in [0.25, 0.3) is 0 Å². The van der Waals surface area contributed by atoms with Gasteiger partial charge < -0.3 is 17.9 Å². The molecule has 0 rings (SSSR count). The number of carbonyl (C=O) groups is 2. The summed E-state index contributed by atoms with van der Waals surface area (Å²) in [6.07, 6.45) is 42.3. The maximum atomic E-state index is 12.3. The number of hydroxylamine groups is 4. The average Bonchev–Trinajstić information content (AvgIpc) is 3.04. The summed E-state index contributed by atoms with van der Waals surface area (Å²) in [6.45, 7) is 5.28. The molecule has 0 aromatic heterocycles. The third-order valence-electron chi connectivity index (χ3n) is 9.68. The van der Waals surface area contributed by atoms with Crippen LogP contribution in [-0.2, 0) is 19.3 Å². The number of hydrogen-bond donors (Lipinski definition) is 0. The Morgan fingerprint density at radius 2 is 0.571 bits per heavy atom. The fraction of sp³-hybridized carbons (Fsp3) is 0.952. The second-order valence-corrected chi connectivity index (χ2v) is 14.9. The van der Waals surface area contributed by atoms with Crippen molar-refractivity contribution in [3.05, 3.63) is 0 Å². The molecular formula is C42H86ClNO5. The Morgan fingerprint density at radius 1 is 0.367 bits per heavy atom. The highest BCUT2D eigenvalue weighted by molar-refractivity contribution is 5.78. The van der Waals surface area contributed by atoms with Crippen molar-refractivity contribution in [3.8, 4) is 0 Å². The Balaban J connectivity index is -0.0000106. The van der Waals surface area contributed by atoms with Crippen molar-refractivity contribution in [3.63, 3.8) is 0 Å². The molecule has 7 heteroatoms. The highest BCUT2D eigenvalue weighted by atomic mass is 35.5. The van der Waals surface area contributed by atoms with Crippen molar-refractivity contribution >= 4 is 11.6 Å². The Kier molecular flexibility index (Phi) is 45.2. The lowest BCUT2D eigenvalue weighted by Gasteiger charge is -2.23. The van der Waals surface area contributed by atoms with Gasteiger partial charge in [0.2, 0.25) is 0 Å². The van der Waals surface area contributed by atoms with Crippen LogP contribution in [0.15, 0.2) is 0 Å². The summed E-state index contributed by atoms with van der Waals surface area (Å²) in [5.41, 5.74) is 0. The highest BCUT2D eigenvalue weighted by Crippen LogP contribution is 2.16. The van der Waals surface area contributed by atoms with Gasteiger partial charge in [0.05, 0.1) is 0 Å². The average molecular weight is 721 g/mol. The smallest absolute Gasteiger partial charge is 0.135 e. The molecule has 0 atom stereocenters. The summed E-state index contributed by atoms with van der Waals surface area (Å²) in [5, 5.41) is 0. The van der Waals surface area contributed by atoms with Gasteiger partial charge in [-0.1, -0.05) is 194 Å². The number of quaternary nitrogens is 1. The maximum absolute atomic E-state index is 12.3. The largest absolute Gasteiger partial charge is 1.00 e. The summed E-state index contributed by atoms with van der Waals surface area (Å²) in [4.78, 5) is 36.0. The predicted octanol–water partition coefficient (Wildman–Crippen LogP) is 9.55. The van der Waals surface area contributed by atoms with Crippen LogP contribution < -0.4 is 12.4 Å². The summed E-state index contributed by atoms with van der Waals surface area (Å²) in [6, 6.07) is 0. The number of carbonyl (C=O) groups excluding carboxylic acids is 2. The molecule has 0 saturated heterocycles. The molecule has 0 amide bonds. The molecule has 0 aliphatic carbocycles. The van der Waals surface area contributed by atoms with Crippen molar-refractivity contribution in [2.24, 2.45) is 0 Å². The van der Waals surface area contributed by atoms with Gasteiger partial charge in [0.15, 0.2) is 0 Å². The van der Waals surface area contributed by atoms with Crippen LogP contribution in [0, 0.1) is 0 Å². The first-order valence-electron chi connectivity index (χ1n) is 21.1. The number of rotatable bonds is 40. The van der Waals surface area contributed by atoms with E-state index in [1.807, 2.05) is 14.1 Å². The van der Waals surface area contributed by atoms with E-state index in [1.165, 1.54) is 167 Å². The number of hydrogen-bond acceptors (Lipinski definition) is 4. The SMILES string of the molecule is CCCCCCCCCCCCCCCCCC(=O)CCO[N+](C)(C)OCCC(=O)CCCCCCCCCCCCCCCCC.O.[Cl-]. The molecule has 0 aromatic rings. The number of unbranched alkanes of at least 4 members (excludes halogenated alkanes) is 28. The predicted molar refractivity (Wildman–Crippen MR) is 206 cm³/mol. The molecule has 0 spiro atoms. The second-order valence-electron chi connectivity index (χ2n) is 14.9. The van der Waals surface area contributed by atoms with E-state index in [4.69, 9.17) is 9.68 Å². The zero-order chi connectivity index (χ0) is 34.5. The summed E-state index contributed by atoms with van der Waals surface area (Å²) in [5.74, 6) is 0.553. The third kappa shape index (κ3) is 43.6. The quantitative estimate of drug-likeness (QED) is 0.0359. The number of nitrogens with zero attached hydrogens (tertiary/aromatic N) is 1. The molecule has 0 heterocycles. The van der Waals surface area contributed by atoms with Crippen LogP contribution in [0.4, 0.5) is 0 Å². The molecule has 0 aromatic carbocycles. The molecule has 0 bridgehead atoms. The monoisotopic (exact) mass is 720 g/mol. The third-order valence-corrected chi connectivity index (χ3v) is 9.68. The van der Waals surface area contributed by atoms with Crippen molar-refractivity contribution in [2.45, 2.75) is 232 Å². The van der Waals surface area contributed by atoms with E-state index in [1.54, 1.807) is 0 Å². The Hall–Kier alpha value is -0.530. The van der Waals surface area contributed by atoms with Crippen molar-refractivity contribution in [1.29, 1.82) is 0 Å². The molecule has 0 fully saturated rings. The van der Waals surface area contributed by atoms with Crippen molar-refractivity contribution in [1.82, 2.24) is 0 Å². The summed E-state index contributed by atoms with van der Waals surface area (Å²) < 4.78 is 0. The summed E-state index contributed by atoms with van der Waals surface area (Å²) in [7, 11) is 3.64. The molecule has 2 N–H and O–H groups in total.